The first kappa shape index (κ1) is 21.1. The smallest absolute Gasteiger partial charge is 0.177 e. The van der Waals surface area contributed by atoms with Gasteiger partial charge in [-0.15, -0.1) is 0 Å². The summed E-state index contributed by atoms with van der Waals surface area (Å²) in [5.41, 5.74) is 11.7. The van der Waals surface area contributed by atoms with E-state index < -0.39 is 0 Å². The molecule has 35 heavy (non-hydrogen) atoms. The molecule has 1 fully saturated rings. The van der Waals surface area contributed by atoms with Crippen molar-refractivity contribution in [2.24, 2.45) is 10.8 Å². The van der Waals surface area contributed by atoms with Crippen LogP contribution in [0.3, 0.4) is 0 Å². The second kappa shape index (κ2) is 7.14. The van der Waals surface area contributed by atoms with Crippen LogP contribution < -0.4 is 5.46 Å². The van der Waals surface area contributed by atoms with Gasteiger partial charge in [0.2, 0.25) is 0 Å². The quantitative estimate of drug-likeness (QED) is 0.233. The Hall–Kier alpha value is -3.26. The Balaban J connectivity index is 1.38. The lowest BCUT2D eigenvalue weighted by Crippen LogP contribution is -2.27. The standard InChI is InChI=1S/C33H32BN/c1-32(2)20-34(21-33(32,3)4)24-13-16-31-29(19-24)28-11-7-8-12-30(28)35(31)25-14-15-27-23(18-25)17-22-9-5-6-10-26(22)27/h5-16,18-19H,17,20-21H2,1-4H3. The van der Waals surface area contributed by atoms with Crippen molar-refractivity contribution < 1.29 is 0 Å². The molecule has 172 valence electrons. The summed E-state index contributed by atoms with van der Waals surface area (Å²) in [6, 6.07) is 32.1. The molecule has 0 bridgehead atoms. The van der Waals surface area contributed by atoms with Crippen molar-refractivity contribution in [3.8, 4) is 16.8 Å². The van der Waals surface area contributed by atoms with Crippen molar-refractivity contribution >= 4 is 34.0 Å². The van der Waals surface area contributed by atoms with Crippen molar-refractivity contribution in [2.45, 2.75) is 46.8 Å². The average Bonchev–Trinajstić information content (AvgIpc) is 3.44. The molecule has 0 unspecified atom stereocenters. The summed E-state index contributed by atoms with van der Waals surface area (Å²) < 4.78 is 2.47. The molecule has 4 aromatic carbocycles. The number of fused-ring (bicyclic) bond motifs is 6. The van der Waals surface area contributed by atoms with Gasteiger partial charge in [-0.2, -0.15) is 0 Å². The minimum Gasteiger partial charge on any atom is -0.309 e. The Morgan fingerprint density at radius 3 is 2.14 bits per heavy atom. The molecule has 1 saturated heterocycles. The minimum atomic E-state index is 0.364. The van der Waals surface area contributed by atoms with Gasteiger partial charge in [-0.05, 0) is 63.8 Å². The summed E-state index contributed by atoms with van der Waals surface area (Å²) in [5, 5.41) is 2.73. The highest BCUT2D eigenvalue weighted by atomic mass is 15.0. The molecule has 2 heterocycles. The Morgan fingerprint density at radius 2 is 1.31 bits per heavy atom. The second-order valence-electron chi connectivity index (χ2n) is 12.2. The van der Waals surface area contributed by atoms with Gasteiger partial charge in [0.05, 0.1) is 11.0 Å². The Bertz CT molecular complexity index is 1620. The van der Waals surface area contributed by atoms with E-state index in [4.69, 9.17) is 0 Å². The van der Waals surface area contributed by atoms with E-state index in [2.05, 4.69) is 117 Å². The summed E-state index contributed by atoms with van der Waals surface area (Å²) in [5.74, 6) is 0. The van der Waals surface area contributed by atoms with Gasteiger partial charge in [0.25, 0.3) is 0 Å². The average molecular weight is 453 g/mol. The third kappa shape index (κ3) is 3.02. The first-order valence-corrected chi connectivity index (χ1v) is 13.1. The molecule has 1 aromatic heterocycles. The molecule has 0 radical (unpaired) electrons. The summed E-state index contributed by atoms with van der Waals surface area (Å²) in [7, 11) is 0. The summed E-state index contributed by atoms with van der Waals surface area (Å²) in [6.07, 6.45) is 3.54. The number of benzene rings is 4. The van der Waals surface area contributed by atoms with Crippen LogP contribution in [0, 0.1) is 10.8 Å². The highest BCUT2D eigenvalue weighted by molar-refractivity contribution is 6.74. The third-order valence-corrected chi connectivity index (χ3v) is 9.55. The topological polar surface area (TPSA) is 4.93 Å². The van der Waals surface area contributed by atoms with Crippen molar-refractivity contribution in [3.63, 3.8) is 0 Å². The third-order valence-electron chi connectivity index (χ3n) is 9.55. The molecule has 7 rings (SSSR count). The van der Waals surface area contributed by atoms with Crippen LogP contribution in [0.5, 0.6) is 0 Å². The maximum atomic E-state index is 2.50. The van der Waals surface area contributed by atoms with Gasteiger partial charge in [-0.3, -0.25) is 0 Å². The van der Waals surface area contributed by atoms with Crippen LogP contribution >= 0.6 is 0 Å². The molecule has 0 spiro atoms. The number of hydrogen-bond acceptors (Lipinski definition) is 0. The van der Waals surface area contributed by atoms with Crippen LogP contribution in [0.4, 0.5) is 0 Å². The summed E-state index contributed by atoms with van der Waals surface area (Å²) in [6.45, 7) is 10.4. The van der Waals surface area contributed by atoms with E-state index in [0.29, 0.717) is 17.5 Å². The van der Waals surface area contributed by atoms with Gasteiger partial charge in [0, 0.05) is 16.5 Å². The lowest BCUT2D eigenvalue weighted by atomic mass is 9.42. The van der Waals surface area contributed by atoms with E-state index in [0.717, 1.165) is 6.42 Å². The lowest BCUT2D eigenvalue weighted by molar-refractivity contribution is 0.177. The fraction of sp³-hybridized carbons (Fsp3) is 0.273. The molecule has 1 nitrogen and oxygen atoms in total. The normalized spacial score (nSPS) is 17.8. The van der Waals surface area contributed by atoms with Crippen molar-refractivity contribution in [1.82, 2.24) is 4.57 Å². The zero-order valence-electron chi connectivity index (χ0n) is 21.2. The van der Waals surface area contributed by atoms with Crippen molar-refractivity contribution in [1.29, 1.82) is 0 Å². The maximum absolute atomic E-state index is 2.50. The molecular formula is C33H32BN. The molecule has 0 atom stereocenters. The van der Waals surface area contributed by atoms with Crippen LogP contribution in [0.1, 0.15) is 38.8 Å². The van der Waals surface area contributed by atoms with Gasteiger partial charge in [-0.1, -0.05) is 106 Å². The van der Waals surface area contributed by atoms with Gasteiger partial charge in [-0.25, -0.2) is 0 Å². The monoisotopic (exact) mass is 453 g/mol. The van der Waals surface area contributed by atoms with E-state index in [1.807, 2.05) is 0 Å². The number of para-hydroxylation sites is 1. The predicted molar refractivity (Wildman–Crippen MR) is 152 cm³/mol. The fourth-order valence-electron chi connectivity index (χ4n) is 6.89. The van der Waals surface area contributed by atoms with Gasteiger partial charge in [0.1, 0.15) is 0 Å². The van der Waals surface area contributed by atoms with Crippen molar-refractivity contribution in [3.05, 3.63) is 96.1 Å². The summed E-state index contributed by atoms with van der Waals surface area (Å²) in [4.78, 5) is 0. The van der Waals surface area contributed by atoms with E-state index >= 15 is 0 Å². The number of hydrogen-bond donors (Lipinski definition) is 0. The zero-order chi connectivity index (χ0) is 23.9. The number of rotatable bonds is 2. The van der Waals surface area contributed by atoms with Crippen molar-refractivity contribution in [2.75, 3.05) is 0 Å². The minimum absolute atomic E-state index is 0.364. The Labute approximate surface area is 208 Å². The van der Waals surface area contributed by atoms with Gasteiger partial charge >= 0.3 is 0 Å². The highest BCUT2D eigenvalue weighted by Gasteiger charge is 2.48. The zero-order valence-corrected chi connectivity index (χ0v) is 21.2. The molecule has 2 heteroatoms. The molecule has 1 aliphatic carbocycles. The van der Waals surface area contributed by atoms with Crippen LogP contribution in [-0.4, -0.2) is 11.3 Å². The van der Waals surface area contributed by atoms with Gasteiger partial charge < -0.3 is 4.57 Å². The van der Waals surface area contributed by atoms with Crippen LogP contribution in [0.2, 0.25) is 12.6 Å². The molecular weight excluding hydrogens is 421 g/mol. The van der Waals surface area contributed by atoms with E-state index in [1.54, 1.807) is 0 Å². The van der Waals surface area contributed by atoms with E-state index in [1.165, 1.54) is 67.9 Å². The van der Waals surface area contributed by atoms with Crippen LogP contribution in [0.15, 0.2) is 84.9 Å². The lowest BCUT2D eigenvalue weighted by Gasteiger charge is -2.35. The first-order valence-electron chi connectivity index (χ1n) is 13.1. The number of nitrogens with zero attached hydrogens (tertiary/aromatic N) is 1. The summed E-state index contributed by atoms with van der Waals surface area (Å²) >= 11 is 0. The maximum Gasteiger partial charge on any atom is 0.177 e. The largest absolute Gasteiger partial charge is 0.309 e. The fourth-order valence-corrected chi connectivity index (χ4v) is 6.89. The predicted octanol–water partition coefficient (Wildman–Crippen LogP) is 8.12. The Kier molecular flexibility index (Phi) is 4.29. The second-order valence-corrected chi connectivity index (χ2v) is 12.2. The molecule has 5 aromatic rings. The SMILES string of the molecule is CC1(C)CB(c2ccc3c(c2)c2ccccc2n3-c2ccc3c(c2)Cc2ccccc2-3)CC1(C)C. The van der Waals surface area contributed by atoms with E-state index in [9.17, 15) is 0 Å². The molecule has 0 amide bonds. The first-order chi connectivity index (χ1) is 16.8. The van der Waals surface area contributed by atoms with E-state index in [-0.39, 0.29) is 0 Å². The Morgan fingerprint density at radius 1 is 0.629 bits per heavy atom. The molecule has 0 saturated carbocycles. The molecule has 0 N–H and O–H groups in total. The molecule has 1 aliphatic heterocycles. The van der Waals surface area contributed by atoms with Crippen LogP contribution in [-0.2, 0) is 6.42 Å². The van der Waals surface area contributed by atoms with Gasteiger partial charge in [0.15, 0.2) is 6.71 Å². The van der Waals surface area contributed by atoms with Crippen LogP contribution in [0.25, 0.3) is 38.6 Å². The highest BCUT2D eigenvalue weighted by Crippen LogP contribution is 2.52. The molecule has 2 aliphatic rings. The number of aromatic nitrogens is 1.